The van der Waals surface area contributed by atoms with Crippen LogP contribution < -0.4 is 5.32 Å². The molecule has 1 saturated heterocycles. The molecule has 1 unspecified atom stereocenters. The second-order valence-corrected chi connectivity index (χ2v) is 6.68. The Bertz CT molecular complexity index is 632. The number of halogens is 1. The number of anilines is 1. The Morgan fingerprint density at radius 1 is 1.39 bits per heavy atom. The average Bonchev–Trinajstić information content (AvgIpc) is 2.96. The molecular weight excluding hydrogens is 330 g/mol. The maximum Gasteiger partial charge on any atom is 0.223 e. The van der Waals surface area contributed by atoms with Crippen molar-refractivity contribution in [3.63, 3.8) is 0 Å². The highest BCUT2D eigenvalue weighted by molar-refractivity contribution is 7.13. The van der Waals surface area contributed by atoms with E-state index in [0.29, 0.717) is 11.0 Å². The molecule has 6 heteroatoms. The summed E-state index contributed by atoms with van der Waals surface area (Å²) in [5, 5.41) is 5.57. The van der Waals surface area contributed by atoms with E-state index in [2.05, 4.69) is 50.9 Å². The zero-order valence-electron chi connectivity index (χ0n) is 13.2. The van der Waals surface area contributed by atoms with Crippen LogP contribution in [0.4, 0.5) is 5.13 Å². The fraction of sp³-hybridized carbons (Fsp3) is 0.412. The number of benzene rings is 1. The highest BCUT2D eigenvalue weighted by Crippen LogP contribution is 2.30. The van der Waals surface area contributed by atoms with Gasteiger partial charge in [0.05, 0.1) is 5.69 Å². The molecule has 4 nitrogen and oxygen atoms in total. The van der Waals surface area contributed by atoms with Crippen molar-refractivity contribution >= 4 is 34.8 Å². The van der Waals surface area contributed by atoms with Crippen LogP contribution in [0, 0.1) is 0 Å². The Morgan fingerprint density at radius 2 is 2.17 bits per heavy atom. The third kappa shape index (κ3) is 5.03. The summed E-state index contributed by atoms with van der Waals surface area (Å²) in [5.41, 5.74) is 2.48. The Kier molecular flexibility index (Phi) is 6.57. The minimum atomic E-state index is -0.0600. The molecule has 3 rings (SSSR count). The third-order valence-electron chi connectivity index (χ3n) is 3.98. The lowest BCUT2D eigenvalue weighted by Gasteiger charge is -2.32. The van der Waals surface area contributed by atoms with Gasteiger partial charge in [-0.25, -0.2) is 4.98 Å². The summed E-state index contributed by atoms with van der Waals surface area (Å²) in [6, 6.07) is 10.6. The Balaban J connectivity index is 0.00000192. The molecule has 1 atom stereocenters. The van der Waals surface area contributed by atoms with E-state index in [4.69, 9.17) is 0 Å². The molecule has 1 N–H and O–H groups in total. The van der Waals surface area contributed by atoms with E-state index in [1.165, 1.54) is 36.7 Å². The number of carbonyl (C=O) groups is 1. The lowest BCUT2D eigenvalue weighted by Crippen LogP contribution is -2.34. The van der Waals surface area contributed by atoms with Gasteiger partial charge >= 0.3 is 0 Å². The monoisotopic (exact) mass is 351 g/mol. The zero-order chi connectivity index (χ0) is 15.4. The van der Waals surface area contributed by atoms with Crippen molar-refractivity contribution in [2.45, 2.75) is 32.2 Å². The van der Waals surface area contributed by atoms with Crippen LogP contribution in [-0.4, -0.2) is 28.9 Å². The van der Waals surface area contributed by atoms with Crippen LogP contribution in [-0.2, 0) is 11.3 Å². The lowest BCUT2D eigenvalue weighted by molar-refractivity contribution is -0.114. The normalized spacial score (nSPS) is 18.2. The van der Waals surface area contributed by atoms with Gasteiger partial charge in [0.1, 0.15) is 0 Å². The predicted molar refractivity (Wildman–Crippen MR) is 97.4 cm³/mol. The Labute approximate surface area is 147 Å². The van der Waals surface area contributed by atoms with Gasteiger partial charge in [0.15, 0.2) is 5.13 Å². The molecule has 0 spiro atoms. The zero-order valence-corrected chi connectivity index (χ0v) is 14.8. The van der Waals surface area contributed by atoms with Gasteiger partial charge < -0.3 is 5.32 Å². The second-order valence-electron chi connectivity index (χ2n) is 5.82. The summed E-state index contributed by atoms with van der Waals surface area (Å²) in [6.45, 7) is 4.70. The summed E-state index contributed by atoms with van der Waals surface area (Å²) in [5.74, 6) is 0.409. The number of hydrogen-bond acceptors (Lipinski definition) is 4. The van der Waals surface area contributed by atoms with Crippen molar-refractivity contribution in [1.82, 2.24) is 9.88 Å². The molecule has 1 aromatic carbocycles. The van der Waals surface area contributed by atoms with Crippen LogP contribution in [0.2, 0.25) is 0 Å². The first-order valence-electron chi connectivity index (χ1n) is 7.70. The van der Waals surface area contributed by atoms with Crippen molar-refractivity contribution < 1.29 is 4.79 Å². The maximum atomic E-state index is 11.1. The van der Waals surface area contributed by atoms with Gasteiger partial charge in [0.2, 0.25) is 5.91 Å². The molecule has 23 heavy (non-hydrogen) atoms. The molecule has 0 bridgehead atoms. The first-order chi connectivity index (χ1) is 10.7. The van der Waals surface area contributed by atoms with Crippen LogP contribution in [0.15, 0.2) is 35.7 Å². The quantitative estimate of drug-likeness (QED) is 0.908. The van der Waals surface area contributed by atoms with Gasteiger partial charge in [-0.15, -0.1) is 23.7 Å². The van der Waals surface area contributed by atoms with Gasteiger partial charge in [-0.05, 0) is 24.9 Å². The number of aromatic nitrogens is 1. The smallest absolute Gasteiger partial charge is 0.223 e. The molecule has 1 amide bonds. The van der Waals surface area contributed by atoms with Crippen molar-refractivity contribution in [3.05, 3.63) is 47.0 Å². The van der Waals surface area contributed by atoms with Crippen LogP contribution in [0.3, 0.4) is 0 Å². The van der Waals surface area contributed by atoms with Gasteiger partial charge in [0, 0.05) is 31.3 Å². The Hall–Kier alpha value is -1.43. The van der Waals surface area contributed by atoms with Crippen molar-refractivity contribution in [1.29, 1.82) is 0 Å². The first-order valence-corrected chi connectivity index (χ1v) is 8.58. The highest BCUT2D eigenvalue weighted by atomic mass is 35.5. The fourth-order valence-electron chi connectivity index (χ4n) is 2.96. The molecule has 2 heterocycles. The van der Waals surface area contributed by atoms with E-state index in [0.717, 1.165) is 25.3 Å². The topological polar surface area (TPSA) is 45.2 Å². The van der Waals surface area contributed by atoms with E-state index in [9.17, 15) is 4.79 Å². The van der Waals surface area contributed by atoms with E-state index < -0.39 is 0 Å². The van der Waals surface area contributed by atoms with Gasteiger partial charge in [-0.1, -0.05) is 30.3 Å². The predicted octanol–water partition coefficient (Wildman–Crippen LogP) is 3.90. The van der Waals surface area contributed by atoms with E-state index in [-0.39, 0.29) is 18.3 Å². The maximum absolute atomic E-state index is 11.1. The van der Waals surface area contributed by atoms with Gasteiger partial charge in [0.25, 0.3) is 0 Å². The van der Waals surface area contributed by atoms with E-state index in [1.54, 1.807) is 0 Å². The molecule has 2 aromatic rings. The van der Waals surface area contributed by atoms with Crippen LogP contribution in [0.1, 0.15) is 36.9 Å². The number of hydrogen-bond donors (Lipinski definition) is 1. The average molecular weight is 352 g/mol. The molecule has 1 aliphatic rings. The molecule has 1 fully saturated rings. The molecule has 0 radical (unpaired) electrons. The van der Waals surface area contributed by atoms with E-state index in [1.807, 2.05) is 0 Å². The fourth-order valence-corrected chi connectivity index (χ4v) is 3.80. The number of likely N-dealkylation sites (tertiary alicyclic amines) is 1. The number of piperidine rings is 1. The molecule has 124 valence electrons. The molecule has 1 aliphatic heterocycles. The molecule has 1 aromatic heterocycles. The molecule has 0 aliphatic carbocycles. The summed E-state index contributed by atoms with van der Waals surface area (Å²) in [4.78, 5) is 18.2. The van der Waals surface area contributed by atoms with Crippen LogP contribution >= 0.6 is 23.7 Å². The number of nitrogens with zero attached hydrogens (tertiary/aromatic N) is 2. The second kappa shape index (κ2) is 8.43. The standard InChI is InChI=1S/C17H21N3OS.ClH/c1-13(21)18-17-19-16(12-22-17)15-8-5-9-20(11-15)10-14-6-3-2-4-7-14;/h2-4,6-7,12,15H,5,8-11H2,1H3,(H,18,19,21);1H. The number of nitrogens with one attached hydrogen (secondary N) is 1. The summed E-state index contributed by atoms with van der Waals surface area (Å²) >= 11 is 1.52. The summed E-state index contributed by atoms with van der Waals surface area (Å²) in [6.07, 6.45) is 2.37. The van der Waals surface area contributed by atoms with Crippen molar-refractivity contribution in [3.8, 4) is 0 Å². The summed E-state index contributed by atoms with van der Waals surface area (Å²) < 4.78 is 0. The Morgan fingerprint density at radius 3 is 2.91 bits per heavy atom. The number of carbonyl (C=O) groups excluding carboxylic acids is 1. The van der Waals surface area contributed by atoms with Crippen LogP contribution in [0.5, 0.6) is 0 Å². The largest absolute Gasteiger partial charge is 0.302 e. The van der Waals surface area contributed by atoms with Crippen molar-refractivity contribution in [2.24, 2.45) is 0 Å². The third-order valence-corrected chi connectivity index (χ3v) is 4.75. The lowest BCUT2D eigenvalue weighted by atomic mass is 9.95. The minimum Gasteiger partial charge on any atom is -0.302 e. The number of rotatable bonds is 4. The van der Waals surface area contributed by atoms with Gasteiger partial charge in [-0.2, -0.15) is 0 Å². The highest BCUT2D eigenvalue weighted by Gasteiger charge is 2.23. The summed E-state index contributed by atoms with van der Waals surface area (Å²) in [7, 11) is 0. The van der Waals surface area contributed by atoms with Crippen molar-refractivity contribution in [2.75, 3.05) is 18.4 Å². The van der Waals surface area contributed by atoms with Gasteiger partial charge in [-0.3, -0.25) is 9.69 Å². The molecular formula is C17H22ClN3OS. The first kappa shape index (κ1) is 17.9. The minimum absolute atomic E-state index is 0. The number of amides is 1. The SMILES string of the molecule is CC(=O)Nc1nc(C2CCCN(Cc3ccccc3)C2)cs1.Cl. The van der Waals surface area contributed by atoms with E-state index >= 15 is 0 Å². The van der Waals surface area contributed by atoms with Crippen LogP contribution in [0.25, 0.3) is 0 Å². The molecule has 0 saturated carbocycles. The number of thiazole rings is 1.